The normalized spacial score (nSPS) is 13.3. The maximum atomic E-state index is 13.3. The number of fused-ring (bicyclic) bond motifs is 1. The fourth-order valence-corrected chi connectivity index (χ4v) is 3.39. The first-order valence-corrected chi connectivity index (χ1v) is 9.93. The first-order chi connectivity index (χ1) is 14.9. The quantitative estimate of drug-likeness (QED) is 0.645. The average Bonchev–Trinajstić information content (AvgIpc) is 2.88. The Bertz CT molecular complexity index is 1190. The molecule has 3 aromatic rings. The summed E-state index contributed by atoms with van der Waals surface area (Å²) in [7, 11) is 0. The van der Waals surface area contributed by atoms with E-state index in [1.165, 1.54) is 23.2 Å². The molecule has 156 valence electrons. The van der Waals surface area contributed by atoms with E-state index in [1.54, 1.807) is 42.5 Å². The van der Waals surface area contributed by atoms with Gasteiger partial charge in [-0.3, -0.25) is 14.5 Å². The van der Waals surface area contributed by atoms with Crippen LogP contribution in [0.4, 0.5) is 21.6 Å². The minimum Gasteiger partial charge on any atom is -0.324 e. The molecule has 1 aliphatic rings. The molecule has 0 bridgehead atoms. The summed E-state index contributed by atoms with van der Waals surface area (Å²) in [6.45, 7) is 1.63. The summed E-state index contributed by atoms with van der Waals surface area (Å²) < 4.78 is 13.3. The van der Waals surface area contributed by atoms with Crippen LogP contribution in [0.15, 0.2) is 65.8 Å². The zero-order chi connectivity index (χ0) is 22.0. The Morgan fingerprint density at radius 1 is 1.19 bits per heavy atom. The van der Waals surface area contributed by atoms with Crippen molar-refractivity contribution in [2.45, 2.75) is 13.3 Å². The second-order valence-electron chi connectivity index (χ2n) is 7.08. The lowest BCUT2D eigenvalue weighted by Gasteiger charge is -2.20. The smallest absolute Gasteiger partial charge is 0.244 e. The van der Waals surface area contributed by atoms with E-state index in [4.69, 9.17) is 11.6 Å². The van der Waals surface area contributed by atoms with Gasteiger partial charge in [0.05, 0.1) is 12.1 Å². The van der Waals surface area contributed by atoms with Crippen molar-refractivity contribution in [3.8, 4) is 0 Å². The third-order valence-corrected chi connectivity index (χ3v) is 5.24. The van der Waals surface area contributed by atoms with Crippen LogP contribution in [0.2, 0.25) is 5.02 Å². The summed E-state index contributed by atoms with van der Waals surface area (Å²) in [5.74, 6) is -0.810. The standard InChI is InChI=1S/C23H18ClFN4O2/c1-14-4-9-17(11-18(14)24)27-21(30)13-29-22(31)12-20(15-5-7-16(25)8-6-15)28-19-3-2-10-26-23(19)29/h2-11H,12-13H2,1H3,(H,27,30). The fraction of sp³-hybridized carbons (Fsp3) is 0.130. The Labute approximate surface area is 183 Å². The number of aliphatic imine (C=N–C) groups is 1. The lowest BCUT2D eigenvalue weighted by atomic mass is 10.1. The van der Waals surface area contributed by atoms with Crippen molar-refractivity contribution in [1.29, 1.82) is 0 Å². The van der Waals surface area contributed by atoms with Gasteiger partial charge in [-0.2, -0.15) is 0 Å². The lowest BCUT2D eigenvalue weighted by Crippen LogP contribution is -2.39. The fourth-order valence-electron chi connectivity index (χ4n) is 3.21. The lowest BCUT2D eigenvalue weighted by molar-refractivity contribution is -0.120. The molecule has 0 aliphatic carbocycles. The van der Waals surface area contributed by atoms with Gasteiger partial charge in [-0.25, -0.2) is 14.4 Å². The Kier molecular flexibility index (Phi) is 5.77. The van der Waals surface area contributed by atoms with Gasteiger partial charge in [0.15, 0.2) is 5.82 Å². The molecule has 0 fully saturated rings. The zero-order valence-electron chi connectivity index (χ0n) is 16.6. The van der Waals surface area contributed by atoms with E-state index in [0.717, 1.165) is 5.56 Å². The first-order valence-electron chi connectivity index (χ1n) is 9.55. The van der Waals surface area contributed by atoms with E-state index in [-0.39, 0.29) is 24.7 Å². The number of carbonyl (C=O) groups is 2. The molecule has 31 heavy (non-hydrogen) atoms. The van der Waals surface area contributed by atoms with Crippen LogP contribution in [-0.4, -0.2) is 29.1 Å². The molecule has 6 nitrogen and oxygen atoms in total. The van der Waals surface area contributed by atoms with Crippen molar-refractivity contribution in [1.82, 2.24) is 4.98 Å². The predicted molar refractivity (Wildman–Crippen MR) is 119 cm³/mol. The topological polar surface area (TPSA) is 74.7 Å². The largest absolute Gasteiger partial charge is 0.324 e. The highest BCUT2D eigenvalue weighted by Gasteiger charge is 2.27. The van der Waals surface area contributed by atoms with E-state index in [1.807, 2.05) is 6.92 Å². The van der Waals surface area contributed by atoms with Crippen molar-refractivity contribution in [2.75, 3.05) is 16.8 Å². The second kappa shape index (κ2) is 8.65. The van der Waals surface area contributed by atoms with Crippen LogP contribution in [-0.2, 0) is 9.59 Å². The SMILES string of the molecule is Cc1ccc(NC(=O)CN2C(=O)CC(c3ccc(F)cc3)=Nc3cccnc32)cc1Cl. The average molecular weight is 437 g/mol. The van der Waals surface area contributed by atoms with Crippen LogP contribution < -0.4 is 10.2 Å². The molecule has 0 radical (unpaired) electrons. The monoisotopic (exact) mass is 436 g/mol. The molecular weight excluding hydrogens is 419 g/mol. The van der Waals surface area contributed by atoms with Crippen LogP contribution in [0.1, 0.15) is 17.5 Å². The van der Waals surface area contributed by atoms with Gasteiger partial charge < -0.3 is 5.32 Å². The van der Waals surface area contributed by atoms with Gasteiger partial charge in [-0.15, -0.1) is 0 Å². The summed E-state index contributed by atoms with van der Waals surface area (Å²) in [5, 5.41) is 3.29. The van der Waals surface area contributed by atoms with E-state index in [2.05, 4.69) is 15.3 Å². The van der Waals surface area contributed by atoms with Gasteiger partial charge in [-0.05, 0) is 54.4 Å². The molecule has 0 unspecified atom stereocenters. The molecule has 0 atom stereocenters. The van der Waals surface area contributed by atoms with E-state index < -0.39 is 5.91 Å². The van der Waals surface area contributed by atoms with E-state index in [0.29, 0.717) is 33.5 Å². The van der Waals surface area contributed by atoms with Gasteiger partial charge in [0.2, 0.25) is 11.8 Å². The number of anilines is 2. The Hall–Kier alpha value is -3.58. The molecule has 8 heteroatoms. The highest BCUT2D eigenvalue weighted by Crippen LogP contribution is 2.31. The van der Waals surface area contributed by atoms with Crippen LogP contribution in [0.25, 0.3) is 0 Å². The third-order valence-electron chi connectivity index (χ3n) is 4.83. The van der Waals surface area contributed by atoms with Gasteiger partial charge in [-0.1, -0.05) is 29.8 Å². The molecule has 4 rings (SSSR count). The summed E-state index contributed by atoms with van der Waals surface area (Å²) in [6.07, 6.45) is 1.49. The van der Waals surface area contributed by atoms with Crippen LogP contribution >= 0.6 is 11.6 Å². The van der Waals surface area contributed by atoms with Gasteiger partial charge >= 0.3 is 0 Å². The maximum Gasteiger partial charge on any atom is 0.244 e. The number of benzene rings is 2. The molecule has 0 saturated carbocycles. The number of carbonyl (C=O) groups excluding carboxylic acids is 2. The van der Waals surface area contributed by atoms with Crippen molar-refractivity contribution >= 4 is 46.3 Å². The molecule has 2 amide bonds. The van der Waals surface area contributed by atoms with Crippen LogP contribution in [0.5, 0.6) is 0 Å². The Morgan fingerprint density at radius 2 is 1.97 bits per heavy atom. The predicted octanol–water partition coefficient (Wildman–Crippen LogP) is 4.68. The molecule has 1 aromatic heterocycles. The molecule has 2 heterocycles. The molecule has 0 saturated heterocycles. The number of nitrogens with one attached hydrogen (secondary N) is 1. The minimum atomic E-state index is -0.393. The van der Waals surface area contributed by atoms with Crippen LogP contribution in [0.3, 0.4) is 0 Å². The highest BCUT2D eigenvalue weighted by atomic mass is 35.5. The third kappa shape index (κ3) is 4.62. The summed E-state index contributed by atoms with van der Waals surface area (Å²) in [6, 6.07) is 14.4. The van der Waals surface area contributed by atoms with Gasteiger partial charge in [0.1, 0.15) is 18.0 Å². The van der Waals surface area contributed by atoms with Crippen molar-refractivity contribution in [3.63, 3.8) is 0 Å². The van der Waals surface area contributed by atoms with Crippen molar-refractivity contribution < 1.29 is 14.0 Å². The number of aromatic nitrogens is 1. The first kappa shape index (κ1) is 20.7. The molecule has 2 aromatic carbocycles. The number of amides is 2. The van der Waals surface area contributed by atoms with Gasteiger partial charge in [0.25, 0.3) is 0 Å². The highest BCUT2D eigenvalue weighted by molar-refractivity contribution is 6.31. The molecular formula is C23H18ClFN4O2. The summed E-state index contributed by atoms with van der Waals surface area (Å²) >= 11 is 6.12. The Morgan fingerprint density at radius 3 is 2.71 bits per heavy atom. The minimum absolute atomic E-state index is 0.0500. The number of rotatable bonds is 4. The van der Waals surface area contributed by atoms with Gasteiger partial charge in [0, 0.05) is 16.9 Å². The van der Waals surface area contributed by atoms with Crippen molar-refractivity contribution in [3.05, 3.63) is 82.8 Å². The number of nitrogens with zero attached hydrogens (tertiary/aromatic N) is 3. The number of pyridine rings is 1. The Balaban J connectivity index is 1.59. The maximum absolute atomic E-state index is 13.3. The number of hydrogen-bond acceptors (Lipinski definition) is 4. The summed E-state index contributed by atoms with van der Waals surface area (Å²) in [5.41, 5.74) is 3.00. The van der Waals surface area contributed by atoms with E-state index >= 15 is 0 Å². The number of hydrogen-bond donors (Lipinski definition) is 1. The molecule has 0 spiro atoms. The molecule has 1 N–H and O–H groups in total. The van der Waals surface area contributed by atoms with E-state index in [9.17, 15) is 14.0 Å². The number of halogens is 2. The zero-order valence-corrected chi connectivity index (χ0v) is 17.4. The second-order valence-corrected chi connectivity index (χ2v) is 7.49. The van der Waals surface area contributed by atoms with Crippen LogP contribution in [0, 0.1) is 12.7 Å². The summed E-state index contributed by atoms with van der Waals surface area (Å²) in [4.78, 5) is 35.9. The molecule has 1 aliphatic heterocycles. The van der Waals surface area contributed by atoms with Crippen molar-refractivity contribution in [2.24, 2.45) is 4.99 Å². The number of aryl methyl sites for hydroxylation is 1.